The summed E-state index contributed by atoms with van der Waals surface area (Å²) in [5.41, 5.74) is 9.76. The van der Waals surface area contributed by atoms with Crippen LogP contribution in [0.1, 0.15) is 0 Å². The molecule has 0 saturated carbocycles. The van der Waals surface area contributed by atoms with Crippen molar-refractivity contribution in [3.63, 3.8) is 0 Å². The third kappa shape index (κ3) is 3.62. The van der Waals surface area contributed by atoms with E-state index in [1.165, 1.54) is 69.9 Å². The van der Waals surface area contributed by atoms with Crippen molar-refractivity contribution in [3.05, 3.63) is 146 Å². The summed E-state index contributed by atoms with van der Waals surface area (Å²) in [6.45, 7) is 0. The minimum absolute atomic E-state index is 0.912. The van der Waals surface area contributed by atoms with E-state index < -0.39 is 0 Å². The molecular weight excluding hydrogens is 529 g/mol. The Hall–Kier alpha value is -5.18. The minimum atomic E-state index is 0.912. The van der Waals surface area contributed by atoms with E-state index in [1.54, 1.807) is 0 Å². The predicted octanol–water partition coefficient (Wildman–Crippen LogP) is 12.0. The Morgan fingerprint density at radius 1 is 0.405 bits per heavy atom. The maximum absolute atomic E-state index is 6.25. The zero-order valence-electron chi connectivity index (χ0n) is 22.7. The van der Waals surface area contributed by atoms with Gasteiger partial charge in [0.05, 0.1) is 0 Å². The lowest BCUT2D eigenvalue weighted by Crippen LogP contribution is -1.97. The molecule has 0 N–H and O–H groups in total. The lowest BCUT2D eigenvalue weighted by Gasteiger charge is -2.22. The highest BCUT2D eigenvalue weighted by molar-refractivity contribution is 7.26. The molecule has 8 aromatic rings. The Balaban J connectivity index is 1.12. The molecule has 7 aromatic carbocycles. The summed E-state index contributed by atoms with van der Waals surface area (Å²) in [5, 5.41) is 5.04. The fourth-order valence-electron chi connectivity index (χ4n) is 6.45. The highest BCUT2D eigenvalue weighted by atomic mass is 32.1. The van der Waals surface area contributed by atoms with Gasteiger partial charge in [0.25, 0.3) is 0 Å². The molecule has 1 aromatic heterocycles. The second-order valence-electron chi connectivity index (χ2n) is 10.9. The molecule has 0 spiro atoms. The largest absolute Gasteiger partial charge is 0.456 e. The van der Waals surface area contributed by atoms with E-state index in [-0.39, 0.29) is 0 Å². The van der Waals surface area contributed by atoms with Crippen LogP contribution in [0.5, 0.6) is 11.5 Å². The average molecular weight is 553 g/mol. The molecule has 1 aliphatic rings. The van der Waals surface area contributed by atoms with E-state index in [0.717, 1.165) is 17.1 Å². The lowest BCUT2D eigenvalue weighted by molar-refractivity contribution is 0.487. The Labute approximate surface area is 247 Å². The van der Waals surface area contributed by atoms with Crippen molar-refractivity contribution in [2.75, 3.05) is 0 Å². The van der Waals surface area contributed by atoms with Gasteiger partial charge in [-0.05, 0) is 80.7 Å². The molecule has 1 aliphatic heterocycles. The van der Waals surface area contributed by atoms with Gasteiger partial charge in [0.1, 0.15) is 11.5 Å². The van der Waals surface area contributed by atoms with Crippen LogP contribution in [0.3, 0.4) is 0 Å². The number of benzene rings is 7. The van der Waals surface area contributed by atoms with Crippen LogP contribution in [0, 0.1) is 0 Å². The molecule has 0 amide bonds. The zero-order chi connectivity index (χ0) is 27.6. The van der Waals surface area contributed by atoms with Gasteiger partial charge >= 0.3 is 0 Å². The topological polar surface area (TPSA) is 9.23 Å². The molecule has 0 radical (unpaired) electrons. The number of hydrogen-bond acceptors (Lipinski definition) is 2. The number of para-hydroxylation sites is 1. The second kappa shape index (κ2) is 9.17. The fourth-order valence-corrected chi connectivity index (χ4v) is 7.69. The molecule has 0 saturated heterocycles. The van der Waals surface area contributed by atoms with Crippen LogP contribution >= 0.6 is 11.3 Å². The van der Waals surface area contributed by atoms with E-state index in [0.29, 0.717) is 0 Å². The van der Waals surface area contributed by atoms with Crippen molar-refractivity contribution in [1.29, 1.82) is 0 Å². The number of ether oxygens (including phenoxy) is 1. The Morgan fingerprint density at radius 3 is 2.02 bits per heavy atom. The van der Waals surface area contributed by atoms with Crippen LogP contribution in [0.4, 0.5) is 0 Å². The molecule has 0 fully saturated rings. The summed E-state index contributed by atoms with van der Waals surface area (Å²) in [4.78, 5) is 0. The highest BCUT2D eigenvalue weighted by Crippen LogP contribution is 2.48. The standard InChI is InChI=1S/C40H24OS/c1-3-15-36-32(11-1)35-24-30(23-29-10-6-16-37(41-36)39(29)35)28-9-5-8-27(22-28)25-18-20-26(21-19-25)31-13-7-14-34-33-12-2-4-17-38(33)42-40(31)34/h1-24H. The molecule has 196 valence electrons. The Morgan fingerprint density at radius 2 is 1.10 bits per heavy atom. The summed E-state index contributed by atoms with van der Waals surface area (Å²) >= 11 is 1.88. The average Bonchev–Trinajstić information content (AvgIpc) is 3.44. The predicted molar refractivity (Wildman–Crippen MR) is 179 cm³/mol. The first-order valence-corrected chi connectivity index (χ1v) is 15.1. The van der Waals surface area contributed by atoms with Crippen molar-refractivity contribution in [2.24, 2.45) is 0 Å². The summed E-state index contributed by atoms with van der Waals surface area (Å²) in [6.07, 6.45) is 0. The van der Waals surface area contributed by atoms with Crippen molar-refractivity contribution < 1.29 is 4.74 Å². The minimum Gasteiger partial charge on any atom is -0.456 e. The van der Waals surface area contributed by atoms with E-state index >= 15 is 0 Å². The van der Waals surface area contributed by atoms with Crippen LogP contribution in [0.25, 0.3) is 75.5 Å². The van der Waals surface area contributed by atoms with Gasteiger partial charge in [0.15, 0.2) is 0 Å². The molecule has 2 heteroatoms. The maximum Gasteiger partial charge on any atom is 0.135 e. The van der Waals surface area contributed by atoms with Gasteiger partial charge in [-0.1, -0.05) is 109 Å². The molecule has 2 heterocycles. The van der Waals surface area contributed by atoms with Gasteiger partial charge in [-0.15, -0.1) is 11.3 Å². The summed E-state index contributed by atoms with van der Waals surface area (Å²) in [6, 6.07) is 52.5. The number of rotatable bonds is 3. The Bertz CT molecular complexity index is 2320. The maximum atomic E-state index is 6.25. The third-order valence-electron chi connectivity index (χ3n) is 8.47. The first kappa shape index (κ1) is 23.5. The smallest absolute Gasteiger partial charge is 0.135 e. The van der Waals surface area contributed by atoms with Gasteiger partial charge in [-0.2, -0.15) is 0 Å². The molecular formula is C40H24OS. The quantitative estimate of drug-likeness (QED) is 0.212. The fraction of sp³-hybridized carbons (Fsp3) is 0. The monoisotopic (exact) mass is 552 g/mol. The molecule has 9 rings (SSSR count). The van der Waals surface area contributed by atoms with E-state index in [9.17, 15) is 0 Å². The van der Waals surface area contributed by atoms with Crippen LogP contribution in [-0.2, 0) is 0 Å². The van der Waals surface area contributed by atoms with Gasteiger partial charge < -0.3 is 4.74 Å². The Kier molecular flexibility index (Phi) is 5.13. The van der Waals surface area contributed by atoms with Crippen LogP contribution < -0.4 is 4.74 Å². The van der Waals surface area contributed by atoms with Crippen molar-refractivity contribution in [2.45, 2.75) is 0 Å². The molecule has 0 aliphatic carbocycles. The van der Waals surface area contributed by atoms with Crippen LogP contribution in [-0.4, -0.2) is 0 Å². The summed E-state index contributed by atoms with van der Waals surface area (Å²) < 4.78 is 8.94. The van der Waals surface area contributed by atoms with Crippen molar-refractivity contribution in [3.8, 4) is 56.0 Å². The molecule has 1 nitrogen and oxygen atoms in total. The zero-order valence-corrected chi connectivity index (χ0v) is 23.5. The van der Waals surface area contributed by atoms with Gasteiger partial charge in [0, 0.05) is 31.1 Å². The normalized spacial score (nSPS) is 12.0. The molecule has 0 unspecified atom stereocenters. The first-order chi connectivity index (χ1) is 20.8. The van der Waals surface area contributed by atoms with Crippen molar-refractivity contribution in [1.82, 2.24) is 0 Å². The number of hydrogen-bond donors (Lipinski definition) is 0. The number of fused-ring (bicyclic) bond motifs is 5. The first-order valence-electron chi connectivity index (χ1n) is 14.3. The molecule has 0 bridgehead atoms. The highest BCUT2D eigenvalue weighted by Gasteiger charge is 2.20. The molecule has 0 atom stereocenters. The van der Waals surface area contributed by atoms with E-state index in [1.807, 2.05) is 17.4 Å². The van der Waals surface area contributed by atoms with E-state index in [2.05, 4.69) is 140 Å². The summed E-state index contributed by atoms with van der Waals surface area (Å²) in [7, 11) is 0. The molecule has 42 heavy (non-hydrogen) atoms. The van der Waals surface area contributed by atoms with Gasteiger partial charge in [0.2, 0.25) is 0 Å². The second-order valence-corrected chi connectivity index (χ2v) is 12.0. The SMILES string of the molecule is c1cc(-c2ccc(-c3cccc4c3sc3ccccc34)cc2)cc(-c2cc3c4c(cccc4c2)Oc2ccccc2-3)c1. The number of thiophene rings is 1. The summed E-state index contributed by atoms with van der Waals surface area (Å²) in [5.74, 6) is 1.84. The van der Waals surface area contributed by atoms with Crippen LogP contribution in [0.15, 0.2) is 146 Å². The van der Waals surface area contributed by atoms with Gasteiger partial charge in [-0.25, -0.2) is 0 Å². The van der Waals surface area contributed by atoms with Crippen molar-refractivity contribution >= 4 is 42.3 Å². The third-order valence-corrected chi connectivity index (χ3v) is 9.69. The lowest BCUT2D eigenvalue weighted by atomic mass is 9.90. The van der Waals surface area contributed by atoms with Crippen LogP contribution in [0.2, 0.25) is 0 Å². The van der Waals surface area contributed by atoms with Gasteiger partial charge in [-0.3, -0.25) is 0 Å². The van der Waals surface area contributed by atoms with E-state index in [4.69, 9.17) is 4.74 Å².